The van der Waals surface area contributed by atoms with Crippen molar-refractivity contribution >= 4 is 12.4 Å². The molecule has 0 aromatic carbocycles. The lowest BCUT2D eigenvalue weighted by Gasteiger charge is -2.16. The fourth-order valence-electron chi connectivity index (χ4n) is 2.58. The van der Waals surface area contributed by atoms with Crippen molar-refractivity contribution in [3.63, 3.8) is 0 Å². The Bertz CT molecular complexity index is 203. The molecule has 3 N–H and O–H groups in total. The van der Waals surface area contributed by atoms with Crippen LogP contribution < -0.4 is 5.32 Å². The van der Waals surface area contributed by atoms with Crippen LogP contribution in [0, 0.1) is 0 Å². The Balaban J connectivity index is 0. The van der Waals surface area contributed by atoms with Crippen molar-refractivity contribution in [3.8, 4) is 0 Å². The van der Waals surface area contributed by atoms with Crippen molar-refractivity contribution in [2.45, 2.75) is 83.6 Å². The highest BCUT2D eigenvalue weighted by Crippen LogP contribution is 2.08. The second-order valence-corrected chi connectivity index (χ2v) is 6.12. The summed E-state index contributed by atoms with van der Waals surface area (Å²) in [5.74, 6) is 0. The van der Waals surface area contributed by atoms with Crippen LogP contribution in [0.2, 0.25) is 0 Å². The quantitative estimate of drug-likeness (QED) is 0.329. The van der Waals surface area contributed by atoms with Crippen LogP contribution in [-0.4, -0.2) is 49.2 Å². The van der Waals surface area contributed by atoms with Gasteiger partial charge < -0.3 is 20.3 Å². The summed E-state index contributed by atoms with van der Waals surface area (Å²) in [4.78, 5) is 0. The Hall–Kier alpha value is 0.130. The number of nitrogens with one attached hydrogen (secondary N) is 1. The Morgan fingerprint density at radius 1 is 0.783 bits per heavy atom. The standard InChI is InChI=1S/C18H39NO3.ClH/c1-2-3-4-5-6-7-8-9-16-22-17-10-13-19-18(11-14-20)12-15-21;/h18-21H,2-17H2,1H3;1H. The molecule has 0 bridgehead atoms. The largest absolute Gasteiger partial charge is 0.396 e. The number of ether oxygens (including phenoxy) is 1. The van der Waals surface area contributed by atoms with E-state index >= 15 is 0 Å². The third-order valence-corrected chi connectivity index (χ3v) is 4.00. The highest BCUT2D eigenvalue weighted by Gasteiger charge is 2.05. The van der Waals surface area contributed by atoms with Gasteiger partial charge in [0.15, 0.2) is 0 Å². The lowest BCUT2D eigenvalue weighted by Crippen LogP contribution is -2.32. The Morgan fingerprint density at radius 2 is 1.30 bits per heavy atom. The Labute approximate surface area is 149 Å². The second-order valence-electron chi connectivity index (χ2n) is 6.12. The molecule has 0 aliphatic rings. The molecule has 0 aliphatic carbocycles. The summed E-state index contributed by atoms with van der Waals surface area (Å²) in [6, 6.07) is 0.225. The number of aliphatic hydroxyl groups is 2. The predicted octanol–water partition coefficient (Wildman–Crippen LogP) is 3.68. The molecule has 4 nitrogen and oxygen atoms in total. The van der Waals surface area contributed by atoms with Crippen molar-refractivity contribution in [1.29, 1.82) is 0 Å². The minimum absolute atomic E-state index is 0. The van der Waals surface area contributed by atoms with Crippen molar-refractivity contribution in [2.75, 3.05) is 33.0 Å². The smallest absolute Gasteiger partial charge is 0.0478 e. The fraction of sp³-hybridized carbons (Fsp3) is 1.00. The van der Waals surface area contributed by atoms with Gasteiger partial charge in [-0.1, -0.05) is 51.9 Å². The molecule has 0 aliphatic heterocycles. The molecule has 0 rings (SSSR count). The first-order valence-corrected chi connectivity index (χ1v) is 9.38. The fourth-order valence-corrected chi connectivity index (χ4v) is 2.58. The van der Waals surface area contributed by atoms with Gasteiger partial charge >= 0.3 is 0 Å². The van der Waals surface area contributed by atoms with Gasteiger partial charge in [0.25, 0.3) is 0 Å². The second kappa shape index (κ2) is 22.1. The molecule has 0 saturated carbocycles. The van der Waals surface area contributed by atoms with E-state index in [9.17, 15) is 0 Å². The van der Waals surface area contributed by atoms with Crippen molar-refractivity contribution < 1.29 is 14.9 Å². The van der Waals surface area contributed by atoms with Gasteiger partial charge in [-0.3, -0.25) is 0 Å². The minimum atomic E-state index is 0. The van der Waals surface area contributed by atoms with Crippen LogP contribution >= 0.6 is 12.4 Å². The van der Waals surface area contributed by atoms with Gasteiger partial charge in [-0.25, -0.2) is 0 Å². The van der Waals surface area contributed by atoms with Gasteiger partial charge in [0, 0.05) is 32.5 Å². The van der Waals surface area contributed by atoms with Gasteiger partial charge in [-0.05, 0) is 32.2 Å². The average molecular weight is 354 g/mol. The molecule has 0 radical (unpaired) electrons. The monoisotopic (exact) mass is 353 g/mol. The van der Waals surface area contributed by atoms with Crippen LogP contribution in [0.3, 0.4) is 0 Å². The van der Waals surface area contributed by atoms with Crippen LogP contribution in [0.25, 0.3) is 0 Å². The number of unbranched alkanes of at least 4 members (excludes halogenated alkanes) is 7. The lowest BCUT2D eigenvalue weighted by molar-refractivity contribution is 0.126. The predicted molar refractivity (Wildman–Crippen MR) is 100 cm³/mol. The summed E-state index contributed by atoms with van der Waals surface area (Å²) in [5, 5.41) is 21.2. The first-order chi connectivity index (χ1) is 10.8. The van der Waals surface area contributed by atoms with Crippen molar-refractivity contribution in [2.24, 2.45) is 0 Å². The summed E-state index contributed by atoms with van der Waals surface area (Å²) in [6.07, 6.45) is 13.1. The summed E-state index contributed by atoms with van der Waals surface area (Å²) in [5.41, 5.74) is 0. The van der Waals surface area contributed by atoms with Crippen LogP contribution in [0.4, 0.5) is 0 Å². The van der Waals surface area contributed by atoms with Gasteiger partial charge in [0.05, 0.1) is 0 Å². The van der Waals surface area contributed by atoms with Gasteiger partial charge in [-0.15, -0.1) is 12.4 Å². The molecule has 0 unspecified atom stereocenters. The van der Waals surface area contributed by atoms with Crippen LogP contribution in [-0.2, 0) is 4.74 Å². The maximum Gasteiger partial charge on any atom is 0.0478 e. The SMILES string of the molecule is CCCCCCCCCCOCCCNC(CCO)CCO.Cl. The summed E-state index contributed by atoms with van der Waals surface area (Å²) in [7, 11) is 0. The number of halogens is 1. The molecule has 0 aromatic rings. The van der Waals surface area contributed by atoms with E-state index in [0.717, 1.165) is 26.2 Å². The molecule has 0 aromatic heterocycles. The third kappa shape index (κ3) is 20.1. The highest BCUT2D eigenvalue weighted by atomic mass is 35.5. The topological polar surface area (TPSA) is 61.7 Å². The van der Waals surface area contributed by atoms with E-state index in [4.69, 9.17) is 14.9 Å². The molecule has 0 saturated heterocycles. The maximum absolute atomic E-state index is 8.92. The third-order valence-electron chi connectivity index (χ3n) is 4.00. The van der Waals surface area contributed by atoms with E-state index in [0.29, 0.717) is 12.8 Å². The van der Waals surface area contributed by atoms with E-state index in [-0.39, 0.29) is 31.7 Å². The summed E-state index contributed by atoms with van der Waals surface area (Å²) in [6.45, 7) is 5.17. The molecule has 0 fully saturated rings. The number of hydrogen-bond acceptors (Lipinski definition) is 4. The van der Waals surface area contributed by atoms with E-state index in [1.54, 1.807) is 0 Å². The maximum atomic E-state index is 8.92. The average Bonchev–Trinajstić information content (AvgIpc) is 2.52. The van der Waals surface area contributed by atoms with E-state index in [1.165, 1.54) is 51.4 Å². The zero-order valence-electron chi connectivity index (χ0n) is 15.1. The van der Waals surface area contributed by atoms with Crippen LogP contribution in [0.15, 0.2) is 0 Å². The molecule has 0 heterocycles. The zero-order chi connectivity index (χ0) is 16.3. The van der Waals surface area contributed by atoms with Crippen molar-refractivity contribution in [3.05, 3.63) is 0 Å². The number of aliphatic hydroxyl groups excluding tert-OH is 2. The molecule has 0 atom stereocenters. The lowest BCUT2D eigenvalue weighted by atomic mass is 10.1. The molecule has 0 amide bonds. The number of hydrogen-bond donors (Lipinski definition) is 3. The van der Waals surface area contributed by atoms with Crippen LogP contribution in [0.1, 0.15) is 77.6 Å². The zero-order valence-corrected chi connectivity index (χ0v) is 15.9. The first kappa shape index (κ1) is 25.4. The summed E-state index contributed by atoms with van der Waals surface area (Å²) < 4.78 is 5.64. The molecule has 23 heavy (non-hydrogen) atoms. The van der Waals surface area contributed by atoms with E-state index < -0.39 is 0 Å². The van der Waals surface area contributed by atoms with E-state index in [1.807, 2.05) is 0 Å². The molecule has 0 spiro atoms. The molecular weight excluding hydrogens is 314 g/mol. The number of rotatable bonds is 18. The Morgan fingerprint density at radius 3 is 1.87 bits per heavy atom. The summed E-state index contributed by atoms with van der Waals surface area (Å²) >= 11 is 0. The Kier molecular flexibility index (Phi) is 24.4. The van der Waals surface area contributed by atoms with Gasteiger partial charge in [0.1, 0.15) is 0 Å². The van der Waals surface area contributed by atoms with Gasteiger partial charge in [0.2, 0.25) is 0 Å². The van der Waals surface area contributed by atoms with Crippen LogP contribution in [0.5, 0.6) is 0 Å². The molecule has 5 heteroatoms. The van der Waals surface area contributed by atoms with E-state index in [2.05, 4.69) is 12.2 Å². The van der Waals surface area contributed by atoms with Gasteiger partial charge in [-0.2, -0.15) is 0 Å². The molecule has 142 valence electrons. The van der Waals surface area contributed by atoms with Crippen molar-refractivity contribution in [1.82, 2.24) is 5.32 Å². The highest BCUT2D eigenvalue weighted by molar-refractivity contribution is 5.85. The normalized spacial score (nSPS) is 11.0. The first-order valence-electron chi connectivity index (χ1n) is 9.38. The molecular formula is C18H40ClNO3. The minimum Gasteiger partial charge on any atom is -0.396 e.